The molecule has 4 rings (SSSR count). The average molecular weight is 409 g/mol. The van der Waals surface area contributed by atoms with E-state index in [2.05, 4.69) is 0 Å². The smallest absolute Gasteiger partial charge is 0.190 e. The third-order valence-electron chi connectivity index (χ3n) is 5.59. The summed E-state index contributed by atoms with van der Waals surface area (Å²) in [7, 11) is 0. The maximum Gasteiger partial charge on any atom is 0.190 e. The van der Waals surface area contributed by atoms with Gasteiger partial charge in [0, 0.05) is 0 Å². The Bertz CT molecular complexity index is 700. The van der Waals surface area contributed by atoms with E-state index in [1.165, 1.54) is 0 Å². The van der Waals surface area contributed by atoms with Gasteiger partial charge in [0.05, 0.1) is 25.4 Å². The molecule has 3 aliphatic rings. The molecule has 1 aromatic rings. The molecular weight excluding hydrogens is 378 g/mol. The van der Waals surface area contributed by atoms with Crippen molar-refractivity contribution in [3.05, 3.63) is 35.9 Å². The van der Waals surface area contributed by atoms with E-state index in [-0.39, 0.29) is 13.2 Å². The number of hydrogen-bond acceptors (Lipinski definition) is 8. The molecule has 3 aliphatic heterocycles. The summed E-state index contributed by atoms with van der Waals surface area (Å²) < 4.78 is 35.5. The number of nitrogens with two attached hydrogens (primary N) is 1. The van der Waals surface area contributed by atoms with Gasteiger partial charge < -0.3 is 39.3 Å². The van der Waals surface area contributed by atoms with Crippen molar-refractivity contribution in [1.29, 1.82) is 0 Å². The fourth-order valence-electron chi connectivity index (χ4n) is 3.91. The van der Waals surface area contributed by atoms with E-state index in [0.717, 1.165) is 5.56 Å². The Kier molecular flexibility index (Phi) is 5.50. The molecule has 3 heterocycles. The molecule has 3 saturated heterocycles. The van der Waals surface area contributed by atoms with Crippen LogP contribution in [-0.4, -0.2) is 66.1 Å². The molecule has 29 heavy (non-hydrogen) atoms. The molecular formula is C21H31NO7. The van der Waals surface area contributed by atoms with Gasteiger partial charge in [0.15, 0.2) is 17.9 Å². The molecule has 5 atom stereocenters. The number of fused-ring (bicyclic) bond motifs is 1. The molecule has 1 unspecified atom stereocenters. The Morgan fingerprint density at radius 1 is 1.07 bits per heavy atom. The summed E-state index contributed by atoms with van der Waals surface area (Å²) in [6.45, 7) is 7.88. The highest BCUT2D eigenvalue weighted by molar-refractivity contribution is 5.14. The number of hydrogen-bond donors (Lipinski definition) is 2. The van der Waals surface area contributed by atoms with Gasteiger partial charge in [0.1, 0.15) is 24.4 Å². The number of aliphatic hydroxyl groups excluding tert-OH is 1. The summed E-state index contributed by atoms with van der Waals surface area (Å²) in [5.41, 5.74) is 6.33. The fourth-order valence-corrected chi connectivity index (χ4v) is 3.91. The van der Waals surface area contributed by atoms with Gasteiger partial charge >= 0.3 is 0 Å². The van der Waals surface area contributed by atoms with Crippen LogP contribution in [0.5, 0.6) is 0 Å². The minimum atomic E-state index is -1.14. The van der Waals surface area contributed by atoms with E-state index in [9.17, 15) is 5.11 Å². The second-order valence-electron chi connectivity index (χ2n) is 8.99. The molecule has 3 N–H and O–H groups in total. The lowest BCUT2D eigenvalue weighted by Gasteiger charge is -2.45. The van der Waals surface area contributed by atoms with Gasteiger partial charge in [-0.05, 0) is 33.3 Å². The second kappa shape index (κ2) is 7.55. The number of benzene rings is 1. The van der Waals surface area contributed by atoms with E-state index in [1.54, 1.807) is 0 Å². The monoisotopic (exact) mass is 409 g/mol. The molecule has 0 amide bonds. The van der Waals surface area contributed by atoms with E-state index < -0.39 is 47.8 Å². The van der Waals surface area contributed by atoms with Crippen LogP contribution in [0.2, 0.25) is 0 Å². The second-order valence-corrected chi connectivity index (χ2v) is 8.99. The lowest BCUT2D eigenvalue weighted by atomic mass is 9.87. The van der Waals surface area contributed by atoms with Crippen LogP contribution in [0.25, 0.3) is 0 Å². The zero-order valence-electron chi connectivity index (χ0n) is 17.4. The first-order valence-electron chi connectivity index (χ1n) is 10.0. The minimum absolute atomic E-state index is 0.134. The average Bonchev–Trinajstić information content (AvgIpc) is 3.14. The summed E-state index contributed by atoms with van der Waals surface area (Å²) in [6, 6.07) is 9.80. The predicted molar refractivity (Wildman–Crippen MR) is 103 cm³/mol. The van der Waals surface area contributed by atoms with E-state index in [0.29, 0.717) is 6.61 Å². The molecule has 8 nitrogen and oxygen atoms in total. The van der Waals surface area contributed by atoms with Crippen LogP contribution in [-0.2, 0) is 35.0 Å². The Labute approximate surface area is 171 Å². The lowest BCUT2D eigenvalue weighted by molar-refractivity contribution is -0.290. The topological polar surface area (TPSA) is 102 Å². The first kappa shape index (κ1) is 21.1. The highest BCUT2D eigenvalue weighted by Gasteiger charge is 2.60. The first-order chi connectivity index (χ1) is 13.6. The maximum atomic E-state index is 11.2. The zero-order valence-corrected chi connectivity index (χ0v) is 17.4. The van der Waals surface area contributed by atoms with Crippen molar-refractivity contribution < 1.29 is 33.5 Å². The van der Waals surface area contributed by atoms with E-state index in [4.69, 9.17) is 34.2 Å². The largest absolute Gasteiger partial charge is 0.388 e. The van der Waals surface area contributed by atoms with Gasteiger partial charge in [-0.25, -0.2) is 0 Å². The van der Waals surface area contributed by atoms with Crippen LogP contribution in [0, 0.1) is 0 Å². The molecule has 0 radical (unpaired) electrons. The van der Waals surface area contributed by atoms with Crippen molar-refractivity contribution in [2.75, 3.05) is 13.2 Å². The summed E-state index contributed by atoms with van der Waals surface area (Å²) in [6.07, 6.45) is -3.52. The van der Waals surface area contributed by atoms with Crippen molar-refractivity contribution in [3.8, 4) is 0 Å². The first-order valence-corrected chi connectivity index (χ1v) is 10.0. The summed E-state index contributed by atoms with van der Waals surface area (Å²) >= 11 is 0. The highest BCUT2D eigenvalue weighted by Crippen LogP contribution is 2.41. The maximum absolute atomic E-state index is 11.2. The van der Waals surface area contributed by atoms with Gasteiger partial charge in [-0.3, -0.25) is 0 Å². The van der Waals surface area contributed by atoms with Crippen molar-refractivity contribution in [3.63, 3.8) is 0 Å². The van der Waals surface area contributed by atoms with Crippen molar-refractivity contribution >= 4 is 0 Å². The van der Waals surface area contributed by atoms with Gasteiger partial charge in [-0.1, -0.05) is 30.3 Å². The third kappa shape index (κ3) is 4.35. The van der Waals surface area contributed by atoms with Crippen molar-refractivity contribution in [2.24, 2.45) is 5.73 Å². The molecule has 1 aromatic carbocycles. The van der Waals surface area contributed by atoms with Crippen molar-refractivity contribution in [2.45, 2.75) is 82.1 Å². The van der Waals surface area contributed by atoms with Crippen LogP contribution in [0.4, 0.5) is 0 Å². The Morgan fingerprint density at radius 3 is 2.38 bits per heavy atom. The van der Waals surface area contributed by atoms with Gasteiger partial charge in [0.2, 0.25) is 0 Å². The molecule has 3 fully saturated rings. The number of ether oxygens (including phenoxy) is 6. The zero-order chi connectivity index (χ0) is 20.9. The molecule has 0 saturated carbocycles. The lowest BCUT2D eigenvalue weighted by Crippen LogP contribution is -2.67. The molecule has 0 spiro atoms. The highest BCUT2D eigenvalue weighted by atomic mass is 16.8. The summed E-state index contributed by atoms with van der Waals surface area (Å²) in [5, 5.41) is 11.2. The third-order valence-corrected chi connectivity index (χ3v) is 5.59. The van der Waals surface area contributed by atoms with Crippen LogP contribution >= 0.6 is 0 Å². The Hall–Kier alpha value is -1.10. The minimum Gasteiger partial charge on any atom is -0.388 e. The van der Waals surface area contributed by atoms with Gasteiger partial charge in [0.25, 0.3) is 0 Å². The molecule has 0 aromatic heterocycles. The standard InChI is InChI=1S/C21H31NO7/c1-19(2)25-11-21(22,12-26-19)17(23)15-14(24-10-13-8-6-5-7-9-13)16-18(27-15)29-20(3,4)28-16/h5-9,14-18,23H,10-12,22H2,1-4H3/t14-,15-,16+,17?,18+/m0/s1. The quantitative estimate of drug-likeness (QED) is 0.750. The Morgan fingerprint density at radius 2 is 1.72 bits per heavy atom. The molecule has 0 aliphatic carbocycles. The van der Waals surface area contributed by atoms with Crippen LogP contribution in [0.15, 0.2) is 30.3 Å². The van der Waals surface area contributed by atoms with E-state index >= 15 is 0 Å². The molecule has 162 valence electrons. The molecule has 8 heteroatoms. The number of rotatable bonds is 5. The normalized spacial score (nSPS) is 35.9. The Balaban J connectivity index is 1.51. The van der Waals surface area contributed by atoms with Crippen LogP contribution in [0.3, 0.4) is 0 Å². The van der Waals surface area contributed by atoms with Crippen LogP contribution < -0.4 is 5.73 Å². The van der Waals surface area contributed by atoms with Gasteiger partial charge in [-0.15, -0.1) is 0 Å². The van der Waals surface area contributed by atoms with Crippen molar-refractivity contribution in [1.82, 2.24) is 0 Å². The van der Waals surface area contributed by atoms with Gasteiger partial charge in [-0.2, -0.15) is 0 Å². The number of aliphatic hydroxyl groups is 1. The summed E-state index contributed by atoms with van der Waals surface area (Å²) in [5.74, 6) is -1.53. The fraction of sp³-hybridized carbons (Fsp3) is 0.714. The van der Waals surface area contributed by atoms with E-state index in [1.807, 2.05) is 58.0 Å². The SMILES string of the molecule is CC1(C)OCC(N)(C(O)[C@H]2O[C@@H]3OC(C)(C)O[C@@H]3[C@H]2OCc2ccccc2)CO1. The predicted octanol–water partition coefficient (Wildman–Crippen LogP) is 1.29. The summed E-state index contributed by atoms with van der Waals surface area (Å²) in [4.78, 5) is 0. The van der Waals surface area contributed by atoms with Crippen LogP contribution in [0.1, 0.15) is 33.3 Å². The molecule has 0 bridgehead atoms.